The summed E-state index contributed by atoms with van der Waals surface area (Å²) < 4.78 is 0. The zero-order valence-electron chi connectivity index (χ0n) is 15.1. The molecular formula is C22H37N. The summed E-state index contributed by atoms with van der Waals surface area (Å²) in [6.07, 6.45) is 21.4. The van der Waals surface area contributed by atoms with Crippen molar-refractivity contribution in [1.29, 1.82) is 0 Å². The molecule has 1 aromatic carbocycles. The molecule has 0 unspecified atom stereocenters. The van der Waals surface area contributed by atoms with Gasteiger partial charge >= 0.3 is 0 Å². The van der Waals surface area contributed by atoms with Gasteiger partial charge < -0.3 is 5.73 Å². The summed E-state index contributed by atoms with van der Waals surface area (Å²) in [5.74, 6) is 0. The summed E-state index contributed by atoms with van der Waals surface area (Å²) in [5, 5.41) is 0. The van der Waals surface area contributed by atoms with Gasteiger partial charge in [-0.05, 0) is 30.5 Å². The first kappa shape index (κ1) is 20.1. The maximum Gasteiger partial charge on any atom is 0.0316 e. The molecule has 0 saturated carbocycles. The Hall–Kier alpha value is -0.980. The molecular weight excluding hydrogens is 278 g/mol. The maximum absolute atomic E-state index is 5.79. The fraction of sp³-hybridized carbons (Fsp3) is 0.636. The van der Waals surface area contributed by atoms with E-state index in [0.29, 0.717) is 0 Å². The van der Waals surface area contributed by atoms with Gasteiger partial charge in [-0.1, -0.05) is 103 Å². The lowest BCUT2D eigenvalue weighted by molar-refractivity contribution is 0.541. The molecule has 0 aliphatic heterocycles. The Morgan fingerprint density at radius 1 is 0.739 bits per heavy atom. The Morgan fingerprint density at radius 2 is 1.26 bits per heavy atom. The highest BCUT2D eigenvalue weighted by Crippen LogP contribution is 2.15. The van der Waals surface area contributed by atoms with Crippen LogP contribution in [0.3, 0.4) is 0 Å². The Bertz CT molecular complexity index is 372. The summed E-state index contributed by atoms with van der Waals surface area (Å²) in [6.45, 7) is 3.89. The van der Waals surface area contributed by atoms with Crippen LogP contribution in [0.15, 0.2) is 24.3 Å². The van der Waals surface area contributed by atoms with Crippen molar-refractivity contribution in [2.75, 3.05) is 5.73 Å². The summed E-state index contributed by atoms with van der Waals surface area (Å²) in [7, 11) is 0. The van der Waals surface area contributed by atoms with Crippen molar-refractivity contribution in [3.8, 4) is 0 Å². The van der Waals surface area contributed by atoms with Gasteiger partial charge in [0.25, 0.3) is 0 Å². The second-order valence-electron chi connectivity index (χ2n) is 6.76. The van der Waals surface area contributed by atoms with Crippen LogP contribution in [0.4, 0.5) is 5.69 Å². The standard InChI is InChI=1S/C22H37N/c1-2-3-4-5-6-7-8-9-10-11-12-13-14-15-17-21-18-16-19-22(23)20-21/h16-20H,1-15,23H2. The van der Waals surface area contributed by atoms with E-state index in [1.807, 2.05) is 12.1 Å². The van der Waals surface area contributed by atoms with Crippen molar-refractivity contribution in [3.63, 3.8) is 0 Å². The van der Waals surface area contributed by atoms with Gasteiger partial charge in [-0.3, -0.25) is 0 Å². The molecule has 2 N–H and O–H groups in total. The van der Waals surface area contributed by atoms with Crippen LogP contribution in [0.1, 0.15) is 95.5 Å². The largest absolute Gasteiger partial charge is 0.399 e. The van der Waals surface area contributed by atoms with Crippen LogP contribution in [0.5, 0.6) is 0 Å². The summed E-state index contributed by atoms with van der Waals surface area (Å²) in [6, 6.07) is 8.16. The van der Waals surface area contributed by atoms with Crippen molar-refractivity contribution in [1.82, 2.24) is 0 Å². The number of hydrogen-bond donors (Lipinski definition) is 1. The highest BCUT2D eigenvalue weighted by atomic mass is 14.5. The van der Waals surface area contributed by atoms with Gasteiger partial charge in [0, 0.05) is 5.69 Å². The van der Waals surface area contributed by atoms with Crippen LogP contribution >= 0.6 is 0 Å². The van der Waals surface area contributed by atoms with E-state index in [1.165, 1.54) is 89.0 Å². The summed E-state index contributed by atoms with van der Waals surface area (Å²) >= 11 is 0. The third kappa shape index (κ3) is 12.1. The number of anilines is 1. The molecule has 0 saturated heterocycles. The second kappa shape index (κ2) is 14.6. The smallest absolute Gasteiger partial charge is 0.0316 e. The van der Waals surface area contributed by atoms with Gasteiger partial charge in [-0.25, -0.2) is 0 Å². The molecule has 0 aromatic heterocycles. The third-order valence-electron chi connectivity index (χ3n) is 4.49. The van der Waals surface area contributed by atoms with Crippen LogP contribution in [0.25, 0.3) is 0 Å². The van der Waals surface area contributed by atoms with E-state index in [-0.39, 0.29) is 0 Å². The number of benzene rings is 1. The van der Waals surface area contributed by atoms with Crippen molar-refractivity contribution in [2.24, 2.45) is 0 Å². The van der Waals surface area contributed by atoms with Crippen LogP contribution in [0.2, 0.25) is 0 Å². The van der Waals surface area contributed by atoms with Gasteiger partial charge in [0.15, 0.2) is 0 Å². The van der Waals surface area contributed by atoms with Gasteiger partial charge in [0.05, 0.1) is 0 Å². The molecule has 0 spiro atoms. The lowest BCUT2D eigenvalue weighted by Crippen LogP contribution is -1.88. The number of rotatable bonds is 15. The van der Waals surface area contributed by atoms with Crippen molar-refractivity contribution < 1.29 is 0 Å². The molecule has 1 rings (SSSR count). The second-order valence-corrected chi connectivity index (χ2v) is 6.76. The van der Waals surface area contributed by atoms with E-state index in [1.54, 1.807) is 0 Å². The molecule has 1 heteroatoms. The fourth-order valence-corrected chi connectivity index (χ4v) is 3.04. The summed E-state index contributed by atoms with van der Waals surface area (Å²) in [4.78, 5) is 0. The number of unbranched alkanes of at least 4 members (excludes halogenated alkanes) is 13. The van der Waals surface area contributed by atoms with Gasteiger partial charge in [0.1, 0.15) is 0 Å². The van der Waals surface area contributed by atoms with Crippen LogP contribution in [-0.4, -0.2) is 0 Å². The molecule has 2 radical (unpaired) electrons. The average molecular weight is 316 g/mol. The molecule has 1 aromatic rings. The average Bonchev–Trinajstić information content (AvgIpc) is 2.55. The molecule has 1 nitrogen and oxygen atoms in total. The molecule has 0 atom stereocenters. The van der Waals surface area contributed by atoms with Gasteiger partial charge in [-0.2, -0.15) is 0 Å². The Labute approximate surface area is 145 Å². The predicted molar refractivity (Wildman–Crippen MR) is 104 cm³/mol. The molecule has 23 heavy (non-hydrogen) atoms. The van der Waals surface area contributed by atoms with E-state index < -0.39 is 0 Å². The molecule has 130 valence electrons. The minimum absolute atomic E-state index is 0.862. The lowest BCUT2D eigenvalue weighted by Gasteiger charge is -2.04. The zero-order valence-corrected chi connectivity index (χ0v) is 15.1. The number of nitrogens with two attached hydrogens (primary N) is 1. The molecule has 0 heterocycles. The van der Waals surface area contributed by atoms with E-state index in [9.17, 15) is 0 Å². The SMILES string of the molecule is [CH2]CCCCCCCCCCCCCC[CH]c1cccc(N)c1. The minimum Gasteiger partial charge on any atom is -0.399 e. The maximum atomic E-state index is 5.79. The monoisotopic (exact) mass is 315 g/mol. The quantitative estimate of drug-likeness (QED) is 0.271. The Kier molecular flexibility index (Phi) is 12.7. The van der Waals surface area contributed by atoms with Crippen molar-refractivity contribution in [3.05, 3.63) is 43.2 Å². The first-order chi connectivity index (χ1) is 11.3. The van der Waals surface area contributed by atoms with Crippen LogP contribution in [-0.2, 0) is 0 Å². The summed E-state index contributed by atoms with van der Waals surface area (Å²) in [5.41, 5.74) is 7.91. The minimum atomic E-state index is 0.862. The normalized spacial score (nSPS) is 11.0. The van der Waals surface area contributed by atoms with Crippen molar-refractivity contribution >= 4 is 5.69 Å². The first-order valence-corrected chi connectivity index (χ1v) is 9.81. The van der Waals surface area contributed by atoms with Crippen molar-refractivity contribution in [2.45, 2.75) is 89.9 Å². The molecule has 0 fully saturated rings. The third-order valence-corrected chi connectivity index (χ3v) is 4.49. The molecule has 0 amide bonds. The lowest BCUT2D eigenvalue weighted by atomic mass is 10.0. The number of nitrogen functional groups attached to an aromatic ring is 1. The fourth-order valence-electron chi connectivity index (χ4n) is 3.04. The highest BCUT2D eigenvalue weighted by Gasteiger charge is 1.96. The molecule has 0 aliphatic rings. The van der Waals surface area contributed by atoms with E-state index in [4.69, 9.17) is 5.73 Å². The first-order valence-electron chi connectivity index (χ1n) is 9.81. The Morgan fingerprint density at radius 3 is 1.78 bits per heavy atom. The highest BCUT2D eigenvalue weighted by molar-refractivity contribution is 5.42. The van der Waals surface area contributed by atoms with E-state index in [0.717, 1.165) is 12.1 Å². The zero-order chi connectivity index (χ0) is 16.6. The molecule has 0 bridgehead atoms. The number of hydrogen-bond acceptors (Lipinski definition) is 1. The van der Waals surface area contributed by atoms with Gasteiger partial charge in [0.2, 0.25) is 0 Å². The van der Waals surface area contributed by atoms with Crippen LogP contribution < -0.4 is 5.73 Å². The Balaban J connectivity index is 1.78. The van der Waals surface area contributed by atoms with E-state index in [2.05, 4.69) is 25.5 Å². The topological polar surface area (TPSA) is 26.0 Å². The molecule has 0 aliphatic carbocycles. The van der Waals surface area contributed by atoms with Gasteiger partial charge in [-0.15, -0.1) is 0 Å². The van der Waals surface area contributed by atoms with Crippen LogP contribution in [0, 0.1) is 13.3 Å². The van der Waals surface area contributed by atoms with E-state index >= 15 is 0 Å². The predicted octanol–water partition coefficient (Wildman–Crippen LogP) is 7.12.